The number of esters is 1. The Labute approximate surface area is 258 Å². The molecule has 0 aliphatic heterocycles. The second kappa shape index (κ2) is 11.9. The van der Waals surface area contributed by atoms with Crippen LogP contribution in [0.15, 0.2) is 26.7 Å². The van der Waals surface area contributed by atoms with E-state index in [1.165, 1.54) is 32.0 Å². The molecule has 238 valence electrons. The first-order chi connectivity index (χ1) is 21.9. The fraction of sp³-hybridized carbons (Fsp3) is 0.292. The molecule has 7 N–H and O–H groups in total. The standard InChI is InChI=1S/C24H28N18O4/c1-9-14(13(44)8-43)20(40(5)36-9)35-33-16-11(3)38-42(18(16)26)24-30-22(27)29-23(31-24)41-17(25)15(10(2)37-41)32-34-19-12(21(45)46-6)7-28-39(19)4/h7,43H,8,25-26H2,1-6H3,(H2,27,29,30,31). The maximum Gasteiger partial charge on any atom is 0.343 e. The van der Waals surface area contributed by atoms with Crippen LogP contribution in [-0.2, 0) is 18.8 Å². The third-order valence-corrected chi connectivity index (χ3v) is 6.55. The van der Waals surface area contributed by atoms with Gasteiger partial charge >= 0.3 is 5.97 Å². The van der Waals surface area contributed by atoms with Crippen LogP contribution in [0.1, 0.15) is 37.8 Å². The summed E-state index contributed by atoms with van der Waals surface area (Å²) in [5.74, 6) is -1.34. The van der Waals surface area contributed by atoms with Crippen molar-refractivity contribution in [2.75, 3.05) is 30.9 Å². The van der Waals surface area contributed by atoms with Gasteiger partial charge in [0.1, 0.15) is 12.2 Å². The highest BCUT2D eigenvalue weighted by molar-refractivity contribution is 6.01. The highest BCUT2D eigenvalue weighted by atomic mass is 16.5. The van der Waals surface area contributed by atoms with Gasteiger partial charge in [0.25, 0.3) is 11.9 Å². The molecular formula is C24H28N18O4. The van der Waals surface area contributed by atoms with Crippen molar-refractivity contribution in [3.63, 3.8) is 0 Å². The number of nitrogens with two attached hydrogens (primary N) is 3. The number of hydrogen-bond donors (Lipinski definition) is 4. The van der Waals surface area contributed by atoms with E-state index in [4.69, 9.17) is 21.9 Å². The van der Waals surface area contributed by atoms with E-state index in [0.717, 1.165) is 0 Å². The van der Waals surface area contributed by atoms with E-state index in [1.54, 1.807) is 34.9 Å². The van der Waals surface area contributed by atoms with Crippen LogP contribution in [0.25, 0.3) is 11.9 Å². The quantitative estimate of drug-likeness (QED) is 0.101. The lowest BCUT2D eigenvalue weighted by Gasteiger charge is -2.07. The number of ether oxygens (including phenoxy) is 1. The molecule has 0 amide bonds. The zero-order valence-corrected chi connectivity index (χ0v) is 25.4. The number of aromatic nitrogens is 11. The van der Waals surface area contributed by atoms with Crippen molar-refractivity contribution in [1.82, 2.24) is 54.1 Å². The van der Waals surface area contributed by atoms with Gasteiger partial charge in [-0.15, -0.1) is 20.5 Å². The van der Waals surface area contributed by atoms with E-state index in [1.807, 2.05) is 0 Å². The zero-order chi connectivity index (χ0) is 33.4. The monoisotopic (exact) mass is 632 g/mol. The van der Waals surface area contributed by atoms with E-state index in [-0.39, 0.29) is 63.6 Å². The number of nitrogens with zero attached hydrogens (tertiary/aromatic N) is 15. The molecule has 0 saturated heterocycles. The number of aliphatic hydroxyl groups is 1. The Bertz CT molecular complexity index is 2060. The Morgan fingerprint density at radius 3 is 1.87 bits per heavy atom. The van der Waals surface area contributed by atoms with Crippen LogP contribution in [0, 0.1) is 20.8 Å². The van der Waals surface area contributed by atoms with Crippen molar-refractivity contribution in [1.29, 1.82) is 0 Å². The molecule has 5 aromatic heterocycles. The number of rotatable bonds is 9. The molecule has 0 aliphatic carbocycles. The van der Waals surface area contributed by atoms with Crippen molar-refractivity contribution in [2.45, 2.75) is 20.8 Å². The third-order valence-electron chi connectivity index (χ3n) is 6.55. The summed E-state index contributed by atoms with van der Waals surface area (Å²) in [5.41, 5.74) is 20.4. The van der Waals surface area contributed by atoms with Gasteiger partial charge in [0.15, 0.2) is 40.4 Å². The van der Waals surface area contributed by atoms with Crippen molar-refractivity contribution < 1.29 is 19.4 Å². The first kappa shape index (κ1) is 31.0. The van der Waals surface area contributed by atoms with Crippen molar-refractivity contribution in [3.05, 3.63) is 34.4 Å². The Hall–Kier alpha value is -6.45. The van der Waals surface area contributed by atoms with E-state index < -0.39 is 18.4 Å². The average Bonchev–Trinajstić information content (AvgIpc) is 3.71. The van der Waals surface area contributed by atoms with Crippen LogP contribution in [0.3, 0.4) is 0 Å². The number of nitrogen functional groups attached to an aromatic ring is 3. The van der Waals surface area contributed by atoms with Gasteiger partial charge in [0.2, 0.25) is 5.95 Å². The molecule has 5 rings (SSSR count). The lowest BCUT2D eigenvalue weighted by Crippen LogP contribution is -2.15. The second-order valence-electron chi connectivity index (χ2n) is 9.64. The summed E-state index contributed by atoms with van der Waals surface area (Å²) < 4.78 is 9.81. The smallest absolute Gasteiger partial charge is 0.343 e. The number of aryl methyl sites for hydroxylation is 5. The Morgan fingerprint density at radius 1 is 0.804 bits per heavy atom. The summed E-state index contributed by atoms with van der Waals surface area (Å²) in [4.78, 5) is 37.0. The summed E-state index contributed by atoms with van der Waals surface area (Å²) >= 11 is 0. The molecule has 46 heavy (non-hydrogen) atoms. The largest absolute Gasteiger partial charge is 0.465 e. The molecule has 0 atom stereocenters. The van der Waals surface area contributed by atoms with Crippen LogP contribution in [0.4, 0.5) is 40.6 Å². The lowest BCUT2D eigenvalue weighted by atomic mass is 10.1. The number of carbonyl (C=O) groups is 2. The van der Waals surface area contributed by atoms with Gasteiger partial charge in [0.05, 0.1) is 36.0 Å². The predicted octanol–water partition coefficient (Wildman–Crippen LogP) is 1.17. The van der Waals surface area contributed by atoms with Gasteiger partial charge in [-0.05, 0) is 20.8 Å². The number of aliphatic hydroxyl groups excluding tert-OH is 1. The summed E-state index contributed by atoms with van der Waals surface area (Å²) in [6.45, 7) is 4.15. The third kappa shape index (κ3) is 5.38. The van der Waals surface area contributed by atoms with Gasteiger partial charge in [-0.1, -0.05) is 0 Å². The molecule has 0 radical (unpaired) electrons. The number of carbonyl (C=O) groups excluding carboxylic acids is 2. The van der Waals surface area contributed by atoms with Crippen LogP contribution in [0.5, 0.6) is 0 Å². The summed E-state index contributed by atoms with van der Waals surface area (Å²) in [6, 6.07) is 0. The molecule has 22 nitrogen and oxygen atoms in total. The van der Waals surface area contributed by atoms with Gasteiger partial charge in [-0.2, -0.15) is 44.7 Å². The highest BCUT2D eigenvalue weighted by Gasteiger charge is 2.23. The highest BCUT2D eigenvalue weighted by Crippen LogP contribution is 2.33. The summed E-state index contributed by atoms with van der Waals surface area (Å²) in [5, 5.41) is 43.0. The molecule has 0 aromatic carbocycles. The molecule has 0 bridgehead atoms. The lowest BCUT2D eigenvalue weighted by molar-refractivity contribution is 0.0601. The fourth-order valence-electron chi connectivity index (χ4n) is 4.35. The first-order valence-electron chi connectivity index (χ1n) is 13.2. The second-order valence-corrected chi connectivity index (χ2v) is 9.64. The number of methoxy groups -OCH3 is 1. The first-order valence-corrected chi connectivity index (χ1v) is 13.2. The predicted molar refractivity (Wildman–Crippen MR) is 159 cm³/mol. The normalized spacial score (nSPS) is 11.7. The topological polar surface area (TPSA) is 301 Å². The molecular weight excluding hydrogens is 604 g/mol. The molecule has 0 saturated carbocycles. The summed E-state index contributed by atoms with van der Waals surface area (Å²) in [6.07, 6.45) is 1.31. The summed E-state index contributed by atoms with van der Waals surface area (Å²) in [7, 11) is 4.40. The minimum Gasteiger partial charge on any atom is -0.465 e. The molecule has 0 aliphatic rings. The van der Waals surface area contributed by atoms with E-state index >= 15 is 0 Å². The van der Waals surface area contributed by atoms with Gasteiger partial charge < -0.3 is 27.0 Å². The van der Waals surface area contributed by atoms with Crippen LogP contribution in [-0.4, -0.2) is 84.6 Å². The number of hydrogen-bond acceptors (Lipinski definition) is 18. The maximum absolute atomic E-state index is 12.3. The van der Waals surface area contributed by atoms with E-state index in [0.29, 0.717) is 17.1 Å². The SMILES string of the molecule is COC(=O)c1cnn(C)c1N=Nc1c(C)nn(-c2nc(N)nc(-n3nc(C)c(N=Nc4c(C(=O)CO)c(C)nn4C)c3N)n2)c1N. The maximum atomic E-state index is 12.3. The van der Waals surface area contributed by atoms with Gasteiger partial charge in [0, 0.05) is 14.1 Å². The van der Waals surface area contributed by atoms with Gasteiger partial charge in [-0.3, -0.25) is 4.79 Å². The van der Waals surface area contributed by atoms with Crippen LogP contribution in [0.2, 0.25) is 0 Å². The van der Waals surface area contributed by atoms with Crippen LogP contribution < -0.4 is 17.2 Å². The Morgan fingerprint density at radius 2 is 1.35 bits per heavy atom. The average molecular weight is 633 g/mol. The number of azo groups is 2. The van der Waals surface area contributed by atoms with E-state index in [9.17, 15) is 14.7 Å². The molecule has 5 aromatic rings. The number of ketones is 1. The fourth-order valence-corrected chi connectivity index (χ4v) is 4.35. The Balaban J connectivity index is 1.51. The minimum absolute atomic E-state index is 0.00149. The van der Waals surface area contributed by atoms with Crippen LogP contribution >= 0.6 is 0 Å². The molecule has 22 heteroatoms. The van der Waals surface area contributed by atoms with E-state index in [2.05, 4.69) is 55.8 Å². The molecule has 0 spiro atoms. The molecule has 0 fully saturated rings. The molecule has 5 heterocycles. The van der Waals surface area contributed by atoms with Crippen molar-refractivity contribution in [2.24, 2.45) is 34.6 Å². The Kier molecular flexibility index (Phi) is 8.03. The zero-order valence-electron chi connectivity index (χ0n) is 25.4. The van der Waals surface area contributed by atoms with Gasteiger partial charge in [-0.25, -0.2) is 14.2 Å². The molecule has 0 unspecified atom stereocenters. The van der Waals surface area contributed by atoms with Crippen molar-refractivity contribution >= 4 is 52.3 Å². The number of Topliss-reactive ketones (excluding diaryl/α,β-unsaturated/α-hetero) is 1. The van der Waals surface area contributed by atoms with Crippen molar-refractivity contribution in [3.8, 4) is 11.9 Å². The number of anilines is 3. The minimum atomic E-state index is -0.720.